The first-order valence-corrected chi connectivity index (χ1v) is 12.2. The summed E-state index contributed by atoms with van der Waals surface area (Å²) in [5.74, 6) is -6.46. The maximum absolute atomic E-state index is 14.7. The van der Waals surface area contributed by atoms with E-state index < -0.39 is 47.9 Å². The Morgan fingerprint density at radius 1 is 0.830 bits per heavy atom. The molecule has 0 unspecified atom stereocenters. The summed E-state index contributed by atoms with van der Waals surface area (Å²) in [6.07, 6.45) is -11.8. The average molecular weight is 686 g/mol. The fraction of sp³-hybridized carbons (Fsp3) is 0.192. The number of nitrogens with one attached hydrogen (secondary N) is 2. The van der Waals surface area contributed by atoms with E-state index >= 15 is 0 Å². The molecule has 0 radical (unpaired) electrons. The van der Waals surface area contributed by atoms with Crippen molar-refractivity contribution in [2.24, 2.45) is 0 Å². The Kier molecular flexibility index (Phi) is 11.7. The van der Waals surface area contributed by atoms with Crippen LogP contribution in [-0.4, -0.2) is 66.8 Å². The third-order valence-corrected chi connectivity index (χ3v) is 5.39. The summed E-state index contributed by atoms with van der Waals surface area (Å²) in [7, 11) is 1.65. The number of imidazole rings is 1. The van der Waals surface area contributed by atoms with Gasteiger partial charge in [-0.25, -0.2) is 23.6 Å². The summed E-state index contributed by atoms with van der Waals surface area (Å²) in [6.45, 7) is 1.71. The number of alkyl halides is 9. The standard InChI is InChI=1S/C22H18F4N6O.2C2HF3O2/c1-13-28-8-9-31(13)18-7-6-15(11-17(18)23)29-21(33)19-12-20(22(24,25)26)30-32(19)16-5-3-4-14(10-16)27-2;2*3-2(4,5)1(6)7/h3-12,27H,1-2H3,(H,29,33);2*(H,6,7). The highest BCUT2D eigenvalue weighted by Gasteiger charge is 2.39. The number of aromatic nitrogens is 4. The van der Waals surface area contributed by atoms with E-state index in [2.05, 4.69) is 20.7 Å². The van der Waals surface area contributed by atoms with E-state index in [1.165, 1.54) is 29.0 Å². The number of hydrogen-bond acceptors (Lipinski definition) is 6. The van der Waals surface area contributed by atoms with Gasteiger partial charge in [-0.05, 0) is 43.3 Å². The minimum Gasteiger partial charge on any atom is -0.475 e. The highest BCUT2D eigenvalue weighted by Crippen LogP contribution is 2.30. The monoisotopic (exact) mass is 686 g/mol. The van der Waals surface area contributed by atoms with Crippen molar-refractivity contribution >= 4 is 29.2 Å². The smallest absolute Gasteiger partial charge is 0.475 e. The third kappa shape index (κ3) is 10.5. The number of carboxylic acids is 2. The lowest BCUT2D eigenvalue weighted by Crippen LogP contribution is -2.21. The molecule has 47 heavy (non-hydrogen) atoms. The number of rotatable bonds is 5. The second kappa shape index (κ2) is 14.6. The van der Waals surface area contributed by atoms with Crippen molar-refractivity contribution in [1.29, 1.82) is 0 Å². The van der Waals surface area contributed by atoms with Crippen molar-refractivity contribution in [3.63, 3.8) is 0 Å². The molecule has 0 spiro atoms. The molecule has 2 aromatic heterocycles. The molecule has 254 valence electrons. The summed E-state index contributed by atoms with van der Waals surface area (Å²) in [6, 6.07) is 11.0. The first kappa shape index (κ1) is 37.6. The molecule has 0 aliphatic rings. The molecule has 21 heteroatoms. The van der Waals surface area contributed by atoms with Crippen molar-refractivity contribution in [3.8, 4) is 11.4 Å². The zero-order valence-corrected chi connectivity index (χ0v) is 23.5. The number of anilines is 2. The number of benzene rings is 2. The van der Waals surface area contributed by atoms with E-state index in [0.717, 1.165) is 10.7 Å². The highest BCUT2D eigenvalue weighted by atomic mass is 19.4. The molecule has 0 saturated heterocycles. The molecule has 0 aliphatic carbocycles. The maximum atomic E-state index is 14.7. The van der Waals surface area contributed by atoms with Gasteiger partial charge < -0.3 is 25.4 Å². The fourth-order valence-electron chi connectivity index (χ4n) is 3.28. The van der Waals surface area contributed by atoms with Crippen molar-refractivity contribution in [2.45, 2.75) is 25.5 Å². The van der Waals surface area contributed by atoms with Gasteiger partial charge in [-0.1, -0.05) is 6.07 Å². The van der Waals surface area contributed by atoms with Gasteiger partial charge in [0, 0.05) is 36.9 Å². The second-order valence-electron chi connectivity index (χ2n) is 8.70. The minimum atomic E-state index is -5.08. The Hall–Kier alpha value is -5.63. The van der Waals surface area contributed by atoms with Gasteiger partial charge in [-0.15, -0.1) is 0 Å². The lowest BCUT2D eigenvalue weighted by molar-refractivity contribution is -0.193. The van der Waals surface area contributed by atoms with Crippen molar-refractivity contribution in [3.05, 3.63) is 84.0 Å². The predicted octanol–water partition coefficient (Wildman–Crippen LogP) is 6.08. The van der Waals surface area contributed by atoms with Gasteiger partial charge in [0.25, 0.3) is 5.91 Å². The number of aliphatic carboxylic acids is 2. The lowest BCUT2D eigenvalue weighted by Gasteiger charge is -2.11. The molecule has 0 fully saturated rings. The molecule has 0 atom stereocenters. The normalized spacial score (nSPS) is 11.4. The third-order valence-electron chi connectivity index (χ3n) is 5.39. The number of carboxylic acid groups (broad SMARTS) is 2. The van der Waals surface area contributed by atoms with E-state index in [9.17, 15) is 48.7 Å². The van der Waals surface area contributed by atoms with Crippen LogP contribution in [0.15, 0.2) is 60.9 Å². The van der Waals surface area contributed by atoms with Crippen LogP contribution >= 0.6 is 0 Å². The Bertz CT molecular complexity index is 1700. The zero-order chi connectivity index (χ0) is 35.9. The van der Waals surface area contributed by atoms with Crippen LogP contribution in [0.4, 0.5) is 55.3 Å². The first-order valence-electron chi connectivity index (χ1n) is 12.2. The van der Waals surface area contributed by atoms with Gasteiger partial charge in [-0.2, -0.15) is 44.6 Å². The summed E-state index contributed by atoms with van der Waals surface area (Å²) >= 11 is 0. The zero-order valence-electron chi connectivity index (χ0n) is 23.5. The molecular weight excluding hydrogens is 666 g/mol. The molecule has 0 aliphatic heterocycles. The first-order chi connectivity index (χ1) is 21.6. The number of amides is 1. The van der Waals surface area contributed by atoms with Crippen LogP contribution in [0.5, 0.6) is 0 Å². The summed E-state index contributed by atoms with van der Waals surface area (Å²) in [5, 5.41) is 23.2. The van der Waals surface area contributed by atoms with Crippen LogP contribution in [0.25, 0.3) is 11.4 Å². The number of carbonyl (C=O) groups excluding carboxylic acids is 1. The SMILES string of the molecule is CNc1cccc(-n2nc(C(F)(F)F)cc2C(=O)Nc2ccc(-n3ccnc3C)c(F)c2)c1.O=C(O)C(F)(F)F.O=C(O)C(F)(F)F. The molecule has 4 N–H and O–H groups in total. The average Bonchev–Trinajstić information content (AvgIpc) is 3.60. The van der Waals surface area contributed by atoms with Crippen LogP contribution in [0.3, 0.4) is 0 Å². The Morgan fingerprint density at radius 2 is 1.40 bits per heavy atom. The quantitative estimate of drug-likeness (QED) is 0.184. The number of carbonyl (C=O) groups is 3. The van der Waals surface area contributed by atoms with E-state index in [1.807, 2.05) is 0 Å². The molecule has 2 heterocycles. The van der Waals surface area contributed by atoms with Crippen LogP contribution in [0.1, 0.15) is 22.0 Å². The topological polar surface area (TPSA) is 151 Å². The number of hydrogen-bond donors (Lipinski definition) is 4. The van der Waals surface area contributed by atoms with Crippen molar-refractivity contribution in [1.82, 2.24) is 19.3 Å². The molecular formula is C26H20F10N6O5. The summed E-state index contributed by atoms with van der Waals surface area (Å²) in [4.78, 5) is 34.7. The van der Waals surface area contributed by atoms with E-state index in [-0.39, 0.29) is 22.8 Å². The van der Waals surface area contributed by atoms with Gasteiger partial charge in [0.2, 0.25) is 0 Å². The predicted molar refractivity (Wildman–Crippen MR) is 142 cm³/mol. The fourth-order valence-corrected chi connectivity index (χ4v) is 3.28. The van der Waals surface area contributed by atoms with Crippen molar-refractivity contribution < 1.29 is 68.5 Å². The highest BCUT2D eigenvalue weighted by molar-refractivity contribution is 6.03. The van der Waals surface area contributed by atoms with Gasteiger partial charge in [0.05, 0.1) is 11.4 Å². The van der Waals surface area contributed by atoms with Crippen LogP contribution in [0, 0.1) is 12.7 Å². The summed E-state index contributed by atoms with van der Waals surface area (Å²) in [5.41, 5.74) is -0.416. The molecule has 11 nitrogen and oxygen atoms in total. The molecule has 2 aromatic carbocycles. The van der Waals surface area contributed by atoms with Gasteiger partial charge >= 0.3 is 30.5 Å². The van der Waals surface area contributed by atoms with Crippen LogP contribution in [0.2, 0.25) is 0 Å². The molecule has 1 amide bonds. The number of nitrogens with zero attached hydrogens (tertiary/aromatic N) is 4. The molecule has 0 saturated carbocycles. The maximum Gasteiger partial charge on any atom is 0.490 e. The second-order valence-corrected chi connectivity index (χ2v) is 8.70. The van der Waals surface area contributed by atoms with Crippen LogP contribution < -0.4 is 10.6 Å². The van der Waals surface area contributed by atoms with E-state index in [0.29, 0.717) is 17.6 Å². The Balaban J connectivity index is 0.000000459. The number of halogens is 10. The molecule has 4 rings (SSSR count). The lowest BCUT2D eigenvalue weighted by atomic mass is 10.2. The van der Waals surface area contributed by atoms with Gasteiger partial charge in [0.1, 0.15) is 17.3 Å². The number of aryl methyl sites for hydroxylation is 1. The molecule has 4 aromatic rings. The summed E-state index contributed by atoms with van der Waals surface area (Å²) < 4.78 is 121. The van der Waals surface area contributed by atoms with Gasteiger partial charge in [-0.3, -0.25) is 4.79 Å². The minimum absolute atomic E-state index is 0.0734. The van der Waals surface area contributed by atoms with Crippen LogP contribution in [-0.2, 0) is 15.8 Å². The Morgan fingerprint density at radius 3 is 1.85 bits per heavy atom. The van der Waals surface area contributed by atoms with Gasteiger partial charge in [0.15, 0.2) is 5.69 Å². The van der Waals surface area contributed by atoms with E-state index in [4.69, 9.17) is 19.8 Å². The largest absolute Gasteiger partial charge is 0.490 e. The van der Waals surface area contributed by atoms with Crippen molar-refractivity contribution in [2.75, 3.05) is 17.7 Å². The molecule has 0 bridgehead atoms. The Labute approximate surface area is 256 Å². The van der Waals surface area contributed by atoms with E-state index in [1.54, 1.807) is 38.4 Å².